The second-order valence-corrected chi connectivity index (χ2v) is 7.87. The Bertz CT molecular complexity index is 872. The zero-order chi connectivity index (χ0) is 22.6. The van der Waals surface area contributed by atoms with Gasteiger partial charge in [0.05, 0.1) is 6.04 Å². The summed E-state index contributed by atoms with van der Waals surface area (Å²) < 4.78 is 5.59. The maximum absolute atomic E-state index is 11.6. The minimum absolute atomic E-state index is 0. The van der Waals surface area contributed by atoms with Gasteiger partial charge in [-0.05, 0) is 56.1 Å². The second-order valence-electron chi connectivity index (χ2n) is 7.87. The van der Waals surface area contributed by atoms with Crippen molar-refractivity contribution in [1.82, 2.24) is 20.9 Å². The topological polar surface area (TPSA) is 78.0 Å². The first kappa shape index (κ1) is 26.9. The highest BCUT2D eigenvalue weighted by molar-refractivity contribution is 14.0. The normalized spacial score (nSPS) is 14.8. The third kappa shape index (κ3) is 8.85. The molecule has 1 amide bonds. The molecule has 7 nitrogen and oxygen atoms in total. The molecule has 1 unspecified atom stereocenters. The van der Waals surface area contributed by atoms with Crippen LogP contribution in [0.25, 0.3) is 0 Å². The van der Waals surface area contributed by atoms with Crippen LogP contribution in [0, 0.1) is 0 Å². The van der Waals surface area contributed by atoms with Crippen molar-refractivity contribution >= 4 is 35.8 Å². The number of ether oxygens (including phenoxy) is 1. The van der Waals surface area contributed by atoms with Crippen LogP contribution in [0.3, 0.4) is 0 Å². The molecule has 1 atom stereocenters. The van der Waals surface area contributed by atoms with Gasteiger partial charge in [0, 0.05) is 26.7 Å². The van der Waals surface area contributed by atoms with E-state index in [0.717, 1.165) is 31.2 Å². The minimum Gasteiger partial charge on any atom is -0.484 e. The van der Waals surface area contributed by atoms with Crippen LogP contribution in [0.2, 0.25) is 0 Å². The van der Waals surface area contributed by atoms with E-state index < -0.39 is 0 Å². The number of hydrogen-bond acceptors (Lipinski definition) is 4. The average Bonchev–Trinajstić information content (AvgIpc) is 3.36. The summed E-state index contributed by atoms with van der Waals surface area (Å²) in [6, 6.07) is 18.7. The highest BCUT2D eigenvalue weighted by Crippen LogP contribution is 2.24. The Morgan fingerprint density at radius 3 is 2.52 bits per heavy atom. The van der Waals surface area contributed by atoms with Crippen molar-refractivity contribution < 1.29 is 9.53 Å². The summed E-state index contributed by atoms with van der Waals surface area (Å²) in [7, 11) is 1.79. The predicted octanol–water partition coefficient (Wildman–Crippen LogP) is 3.32. The molecule has 0 spiro atoms. The number of carbonyl (C=O) groups excluding carboxylic acids is 1. The highest BCUT2D eigenvalue weighted by Gasteiger charge is 2.23. The van der Waals surface area contributed by atoms with Crippen molar-refractivity contribution in [2.75, 3.05) is 39.8 Å². The van der Waals surface area contributed by atoms with Crippen LogP contribution in [0.1, 0.15) is 36.9 Å². The third-order valence-electron chi connectivity index (χ3n) is 5.55. The standard InChI is InChI=1S/C25H35N5O2.HI/c1-3-27-24(31)19-32-22-13-9-10-20(16-22)17-28-25(26-2)29-18-23(30-14-7-8-15-30)21-11-5-4-6-12-21;/h4-6,9-13,16,23H,3,7-8,14-15,17-19H2,1-2H3,(H,27,31)(H2,26,28,29);1H. The van der Waals surface area contributed by atoms with Crippen LogP contribution >= 0.6 is 24.0 Å². The SMILES string of the molecule is CCNC(=O)COc1cccc(CNC(=NC)NCC(c2ccccc2)N2CCCC2)c1.I. The first-order valence-corrected chi connectivity index (χ1v) is 11.4. The van der Waals surface area contributed by atoms with Crippen LogP contribution in [-0.2, 0) is 11.3 Å². The largest absolute Gasteiger partial charge is 0.484 e. The number of halogens is 1. The molecule has 1 aliphatic rings. The molecule has 2 aromatic rings. The molecule has 0 bridgehead atoms. The summed E-state index contributed by atoms with van der Waals surface area (Å²) in [4.78, 5) is 18.5. The molecular weight excluding hydrogens is 529 g/mol. The molecule has 2 aromatic carbocycles. The Balaban J connectivity index is 0.00000385. The van der Waals surface area contributed by atoms with E-state index in [4.69, 9.17) is 4.74 Å². The lowest BCUT2D eigenvalue weighted by atomic mass is 10.1. The van der Waals surface area contributed by atoms with Gasteiger partial charge in [0.25, 0.3) is 5.91 Å². The van der Waals surface area contributed by atoms with E-state index >= 15 is 0 Å². The summed E-state index contributed by atoms with van der Waals surface area (Å²) in [5, 5.41) is 9.61. The van der Waals surface area contributed by atoms with E-state index in [2.05, 4.69) is 56.2 Å². The summed E-state index contributed by atoms with van der Waals surface area (Å²) in [6.07, 6.45) is 2.52. The molecule has 0 aromatic heterocycles. The molecule has 8 heteroatoms. The zero-order valence-corrected chi connectivity index (χ0v) is 21.9. The van der Waals surface area contributed by atoms with Crippen LogP contribution in [0.4, 0.5) is 0 Å². The van der Waals surface area contributed by atoms with Crippen LogP contribution < -0.4 is 20.7 Å². The molecule has 1 fully saturated rings. The van der Waals surface area contributed by atoms with Crippen molar-refractivity contribution in [3.05, 3.63) is 65.7 Å². The number of hydrogen-bond donors (Lipinski definition) is 3. The fourth-order valence-corrected chi connectivity index (χ4v) is 3.93. The zero-order valence-electron chi connectivity index (χ0n) is 19.5. The van der Waals surface area contributed by atoms with E-state index in [0.29, 0.717) is 24.9 Å². The van der Waals surface area contributed by atoms with Crippen molar-refractivity contribution in [1.29, 1.82) is 0 Å². The monoisotopic (exact) mass is 565 g/mol. The Labute approximate surface area is 214 Å². The molecule has 3 N–H and O–H groups in total. The van der Waals surface area contributed by atoms with Gasteiger partial charge < -0.3 is 20.7 Å². The van der Waals surface area contributed by atoms with Crippen molar-refractivity contribution in [3.8, 4) is 5.75 Å². The molecule has 33 heavy (non-hydrogen) atoms. The number of nitrogens with zero attached hydrogens (tertiary/aromatic N) is 2. The van der Waals surface area contributed by atoms with Crippen LogP contribution in [0.15, 0.2) is 59.6 Å². The first-order chi connectivity index (χ1) is 15.7. The Kier molecular flexibility index (Phi) is 12.0. The number of likely N-dealkylation sites (tertiary alicyclic amines) is 1. The van der Waals surface area contributed by atoms with Gasteiger partial charge in [-0.3, -0.25) is 14.7 Å². The van der Waals surface area contributed by atoms with E-state index in [1.807, 2.05) is 31.2 Å². The van der Waals surface area contributed by atoms with Gasteiger partial charge in [-0.25, -0.2) is 0 Å². The van der Waals surface area contributed by atoms with Gasteiger partial charge >= 0.3 is 0 Å². The number of likely N-dealkylation sites (N-methyl/N-ethyl adjacent to an activating group) is 1. The summed E-state index contributed by atoms with van der Waals surface area (Å²) in [5.41, 5.74) is 2.38. The maximum Gasteiger partial charge on any atom is 0.257 e. The highest BCUT2D eigenvalue weighted by atomic mass is 127. The first-order valence-electron chi connectivity index (χ1n) is 11.4. The van der Waals surface area contributed by atoms with Crippen LogP contribution in [-0.4, -0.2) is 56.6 Å². The molecule has 1 aliphatic heterocycles. The molecule has 1 saturated heterocycles. The lowest BCUT2D eigenvalue weighted by Gasteiger charge is -2.29. The Morgan fingerprint density at radius 2 is 1.82 bits per heavy atom. The Morgan fingerprint density at radius 1 is 1.06 bits per heavy atom. The van der Waals surface area contributed by atoms with Crippen LogP contribution in [0.5, 0.6) is 5.75 Å². The maximum atomic E-state index is 11.6. The summed E-state index contributed by atoms with van der Waals surface area (Å²) >= 11 is 0. The molecule has 0 radical (unpaired) electrons. The number of benzene rings is 2. The lowest BCUT2D eigenvalue weighted by Crippen LogP contribution is -2.42. The molecule has 1 heterocycles. The molecule has 0 aliphatic carbocycles. The van der Waals surface area contributed by atoms with Crippen molar-refractivity contribution in [2.24, 2.45) is 4.99 Å². The summed E-state index contributed by atoms with van der Waals surface area (Å²) in [6.45, 7) is 6.18. The smallest absolute Gasteiger partial charge is 0.257 e. The van der Waals surface area contributed by atoms with Gasteiger partial charge in [0.15, 0.2) is 12.6 Å². The fourth-order valence-electron chi connectivity index (χ4n) is 3.93. The second kappa shape index (κ2) is 14.7. The van der Waals surface area contributed by atoms with Gasteiger partial charge in [-0.2, -0.15) is 0 Å². The molecule has 180 valence electrons. The molecule has 3 rings (SSSR count). The van der Waals surface area contributed by atoms with E-state index in [1.54, 1.807) is 7.05 Å². The fraction of sp³-hybridized carbons (Fsp3) is 0.440. The van der Waals surface area contributed by atoms with Gasteiger partial charge in [0.1, 0.15) is 5.75 Å². The van der Waals surface area contributed by atoms with Gasteiger partial charge in [0.2, 0.25) is 0 Å². The molecule has 0 saturated carbocycles. The number of guanidine groups is 1. The van der Waals surface area contributed by atoms with E-state index in [-0.39, 0.29) is 36.5 Å². The number of aliphatic imine (C=N–C) groups is 1. The van der Waals surface area contributed by atoms with Gasteiger partial charge in [-0.1, -0.05) is 42.5 Å². The minimum atomic E-state index is -0.119. The van der Waals surface area contributed by atoms with E-state index in [9.17, 15) is 4.79 Å². The van der Waals surface area contributed by atoms with E-state index in [1.165, 1.54) is 18.4 Å². The average molecular weight is 566 g/mol. The number of amides is 1. The predicted molar refractivity (Wildman–Crippen MR) is 144 cm³/mol. The third-order valence-corrected chi connectivity index (χ3v) is 5.55. The summed E-state index contributed by atoms with van der Waals surface area (Å²) in [5.74, 6) is 1.32. The number of nitrogens with one attached hydrogen (secondary N) is 3. The number of carbonyl (C=O) groups is 1. The van der Waals surface area contributed by atoms with Crippen molar-refractivity contribution in [2.45, 2.75) is 32.4 Å². The quantitative estimate of drug-likeness (QED) is 0.234. The molecular formula is C25H36IN5O2. The van der Waals surface area contributed by atoms with Gasteiger partial charge in [-0.15, -0.1) is 24.0 Å². The lowest BCUT2D eigenvalue weighted by molar-refractivity contribution is -0.122. The van der Waals surface area contributed by atoms with Crippen molar-refractivity contribution in [3.63, 3.8) is 0 Å². The number of rotatable bonds is 10. The Hall–Kier alpha value is -2.33.